The van der Waals surface area contributed by atoms with Gasteiger partial charge in [-0.15, -0.1) is 0 Å². The van der Waals surface area contributed by atoms with Gasteiger partial charge in [0.15, 0.2) is 0 Å². The molecule has 4 rings (SSSR count). The van der Waals surface area contributed by atoms with Crippen LogP contribution >= 0.6 is 0 Å². The molecule has 3 heterocycles. The number of carbonyl (C=O) groups excluding carboxylic acids is 2. The summed E-state index contributed by atoms with van der Waals surface area (Å²) < 4.78 is 0. The Morgan fingerprint density at radius 1 is 0.968 bits per heavy atom. The summed E-state index contributed by atoms with van der Waals surface area (Å²) in [6, 6.07) is 13.6. The van der Waals surface area contributed by atoms with E-state index in [1.54, 1.807) is 6.20 Å². The minimum atomic E-state index is -0.223. The molecule has 0 radical (unpaired) electrons. The zero-order valence-corrected chi connectivity index (χ0v) is 17.8. The van der Waals surface area contributed by atoms with E-state index in [9.17, 15) is 9.59 Å². The molecule has 2 aliphatic heterocycles. The SMILES string of the molecule is CN1CCN(c2ccc(NC(=O)CCC(=O)N3CCC(c4ccccc4)=N3)nc2)CC1. The average molecular weight is 421 g/mol. The number of hydrogen-bond acceptors (Lipinski definition) is 6. The van der Waals surface area contributed by atoms with E-state index in [0.29, 0.717) is 12.4 Å². The second-order valence-corrected chi connectivity index (χ2v) is 7.92. The van der Waals surface area contributed by atoms with Crippen molar-refractivity contribution in [3.8, 4) is 0 Å². The summed E-state index contributed by atoms with van der Waals surface area (Å²) in [5.74, 6) is 0.139. The number of anilines is 2. The number of hydrogen-bond donors (Lipinski definition) is 1. The molecule has 8 heteroatoms. The lowest BCUT2D eigenvalue weighted by atomic mass is 10.1. The topological polar surface area (TPSA) is 81.1 Å². The van der Waals surface area contributed by atoms with Crippen LogP contribution in [0.3, 0.4) is 0 Å². The summed E-state index contributed by atoms with van der Waals surface area (Å²) >= 11 is 0. The maximum Gasteiger partial charge on any atom is 0.243 e. The molecular formula is C23H28N6O2. The molecule has 0 atom stereocenters. The number of aromatic nitrogens is 1. The van der Waals surface area contributed by atoms with Gasteiger partial charge in [0.2, 0.25) is 11.8 Å². The molecule has 0 aliphatic carbocycles. The summed E-state index contributed by atoms with van der Waals surface area (Å²) in [4.78, 5) is 33.6. The van der Waals surface area contributed by atoms with Gasteiger partial charge in [-0.05, 0) is 24.7 Å². The van der Waals surface area contributed by atoms with E-state index in [2.05, 4.69) is 32.2 Å². The third-order valence-corrected chi connectivity index (χ3v) is 5.65. The number of rotatable bonds is 6. The van der Waals surface area contributed by atoms with Crippen molar-refractivity contribution in [1.29, 1.82) is 0 Å². The third kappa shape index (κ3) is 5.46. The Morgan fingerprint density at radius 2 is 1.74 bits per heavy atom. The Morgan fingerprint density at radius 3 is 2.45 bits per heavy atom. The zero-order valence-electron chi connectivity index (χ0n) is 17.8. The van der Waals surface area contributed by atoms with Crippen LogP contribution in [0.1, 0.15) is 24.8 Å². The summed E-state index contributed by atoms with van der Waals surface area (Å²) in [6.45, 7) is 4.55. The first-order valence-corrected chi connectivity index (χ1v) is 10.7. The first-order chi connectivity index (χ1) is 15.1. The van der Waals surface area contributed by atoms with Crippen molar-refractivity contribution in [2.75, 3.05) is 50.0 Å². The Labute approximate surface area is 182 Å². The van der Waals surface area contributed by atoms with Crippen LogP contribution in [0.4, 0.5) is 11.5 Å². The molecular weight excluding hydrogens is 392 g/mol. The molecule has 162 valence electrons. The van der Waals surface area contributed by atoms with E-state index in [0.717, 1.165) is 49.6 Å². The highest BCUT2D eigenvalue weighted by atomic mass is 16.2. The number of piperazine rings is 1. The molecule has 0 saturated carbocycles. The van der Waals surface area contributed by atoms with Crippen LogP contribution in [0, 0.1) is 0 Å². The maximum atomic E-state index is 12.4. The van der Waals surface area contributed by atoms with Gasteiger partial charge in [-0.3, -0.25) is 9.59 Å². The molecule has 1 N–H and O–H groups in total. The molecule has 1 saturated heterocycles. The molecule has 2 aromatic rings. The van der Waals surface area contributed by atoms with Crippen LogP contribution in [0.15, 0.2) is 53.8 Å². The van der Waals surface area contributed by atoms with Gasteiger partial charge in [-0.1, -0.05) is 30.3 Å². The number of nitrogens with zero attached hydrogens (tertiary/aromatic N) is 5. The fraction of sp³-hybridized carbons (Fsp3) is 0.391. The molecule has 0 spiro atoms. The van der Waals surface area contributed by atoms with Crippen molar-refractivity contribution in [3.05, 3.63) is 54.2 Å². The van der Waals surface area contributed by atoms with Crippen LogP contribution in [-0.2, 0) is 9.59 Å². The Balaban J connectivity index is 1.24. The predicted molar refractivity (Wildman–Crippen MR) is 121 cm³/mol. The van der Waals surface area contributed by atoms with Crippen molar-refractivity contribution in [1.82, 2.24) is 14.9 Å². The number of nitrogens with one attached hydrogen (secondary N) is 1. The first kappa shape index (κ1) is 21.0. The van der Waals surface area contributed by atoms with Gasteiger partial charge in [-0.25, -0.2) is 9.99 Å². The number of pyridine rings is 1. The summed E-state index contributed by atoms with van der Waals surface area (Å²) in [5.41, 5.74) is 2.99. The van der Waals surface area contributed by atoms with Gasteiger partial charge in [0, 0.05) is 45.4 Å². The highest BCUT2D eigenvalue weighted by Gasteiger charge is 2.22. The molecule has 1 aromatic heterocycles. The second-order valence-electron chi connectivity index (χ2n) is 7.92. The highest BCUT2D eigenvalue weighted by molar-refractivity contribution is 6.02. The van der Waals surface area contributed by atoms with E-state index in [4.69, 9.17) is 0 Å². The number of benzene rings is 1. The molecule has 31 heavy (non-hydrogen) atoms. The van der Waals surface area contributed by atoms with Crippen LogP contribution in [0.5, 0.6) is 0 Å². The lowest BCUT2D eigenvalue weighted by Gasteiger charge is -2.33. The Hall–Kier alpha value is -3.26. The molecule has 2 amide bonds. The van der Waals surface area contributed by atoms with Crippen molar-refractivity contribution in [2.45, 2.75) is 19.3 Å². The maximum absolute atomic E-state index is 12.4. The minimum absolute atomic E-state index is 0.105. The van der Waals surface area contributed by atoms with Crippen LogP contribution < -0.4 is 10.2 Å². The summed E-state index contributed by atoms with van der Waals surface area (Å²) in [7, 11) is 2.12. The number of hydrazone groups is 1. The Bertz CT molecular complexity index is 936. The van der Waals surface area contributed by atoms with Crippen LogP contribution in [-0.4, -0.2) is 72.2 Å². The van der Waals surface area contributed by atoms with Crippen molar-refractivity contribution in [2.24, 2.45) is 5.10 Å². The zero-order chi connectivity index (χ0) is 21.6. The van der Waals surface area contributed by atoms with Crippen molar-refractivity contribution < 1.29 is 9.59 Å². The van der Waals surface area contributed by atoms with E-state index in [-0.39, 0.29) is 24.7 Å². The highest BCUT2D eigenvalue weighted by Crippen LogP contribution is 2.18. The van der Waals surface area contributed by atoms with E-state index in [1.165, 1.54) is 5.01 Å². The molecule has 0 unspecified atom stereocenters. The van der Waals surface area contributed by atoms with Crippen molar-refractivity contribution >= 4 is 29.0 Å². The Kier molecular flexibility index (Phi) is 6.57. The van der Waals surface area contributed by atoms with Gasteiger partial charge in [0.25, 0.3) is 0 Å². The molecule has 1 fully saturated rings. The lowest BCUT2D eigenvalue weighted by Crippen LogP contribution is -2.44. The van der Waals surface area contributed by atoms with E-state index in [1.807, 2.05) is 42.5 Å². The quantitative estimate of drug-likeness (QED) is 0.775. The second kappa shape index (κ2) is 9.70. The van der Waals surface area contributed by atoms with Gasteiger partial charge in [0.1, 0.15) is 5.82 Å². The van der Waals surface area contributed by atoms with Crippen LogP contribution in [0.25, 0.3) is 0 Å². The third-order valence-electron chi connectivity index (χ3n) is 5.65. The largest absolute Gasteiger partial charge is 0.368 e. The molecule has 1 aromatic carbocycles. The fourth-order valence-corrected chi connectivity index (χ4v) is 3.74. The molecule has 2 aliphatic rings. The lowest BCUT2D eigenvalue weighted by molar-refractivity contribution is -0.132. The standard InChI is InChI=1S/C23H28N6O2/c1-27-13-15-28(16-14-27)19-7-8-21(24-17-19)25-22(30)9-10-23(31)29-12-11-20(26-29)18-5-3-2-4-6-18/h2-8,17H,9-16H2,1H3,(H,24,25,30). The summed E-state index contributed by atoms with van der Waals surface area (Å²) in [6.07, 6.45) is 2.74. The van der Waals surface area contributed by atoms with Gasteiger partial charge in [-0.2, -0.15) is 5.10 Å². The molecule has 0 bridgehead atoms. The number of likely N-dealkylation sites (N-methyl/N-ethyl adjacent to an activating group) is 1. The predicted octanol–water partition coefficient (Wildman–Crippen LogP) is 2.19. The summed E-state index contributed by atoms with van der Waals surface area (Å²) in [5, 5.41) is 8.67. The van der Waals surface area contributed by atoms with Gasteiger partial charge >= 0.3 is 0 Å². The smallest absolute Gasteiger partial charge is 0.243 e. The fourth-order valence-electron chi connectivity index (χ4n) is 3.74. The van der Waals surface area contributed by atoms with Crippen molar-refractivity contribution in [3.63, 3.8) is 0 Å². The van der Waals surface area contributed by atoms with Gasteiger partial charge < -0.3 is 15.1 Å². The normalized spacial score (nSPS) is 16.9. The average Bonchev–Trinajstić information content (AvgIpc) is 3.30. The monoisotopic (exact) mass is 420 g/mol. The number of carbonyl (C=O) groups is 2. The van der Waals surface area contributed by atoms with Crippen LogP contribution in [0.2, 0.25) is 0 Å². The number of amides is 2. The van der Waals surface area contributed by atoms with E-state index >= 15 is 0 Å². The minimum Gasteiger partial charge on any atom is -0.368 e. The first-order valence-electron chi connectivity index (χ1n) is 10.7. The van der Waals surface area contributed by atoms with Gasteiger partial charge in [0.05, 0.1) is 24.1 Å². The molecule has 8 nitrogen and oxygen atoms in total. The van der Waals surface area contributed by atoms with E-state index < -0.39 is 0 Å².